The maximum atomic E-state index is 13.0. The lowest BCUT2D eigenvalue weighted by molar-refractivity contribution is 0.590. The van der Waals surface area contributed by atoms with Gasteiger partial charge in [-0.25, -0.2) is 8.78 Å². The van der Waals surface area contributed by atoms with Gasteiger partial charge in [0.15, 0.2) is 5.82 Å². The fraction of sp³-hybridized carbons (Fsp3) is 0. The van der Waals surface area contributed by atoms with E-state index in [0.717, 1.165) is 6.07 Å². The summed E-state index contributed by atoms with van der Waals surface area (Å²) in [5.74, 6) is -1.30. The second-order valence-electron chi connectivity index (χ2n) is 2.73. The first-order valence-electron chi connectivity index (χ1n) is 3.67. The fourth-order valence-electron chi connectivity index (χ4n) is 1.19. The number of benzene rings is 1. The van der Waals surface area contributed by atoms with Crippen LogP contribution in [0.1, 0.15) is 0 Å². The molecule has 1 aromatic heterocycles. The molecule has 2 aromatic rings. The Morgan fingerprint density at radius 1 is 1.15 bits per heavy atom. The molecule has 0 atom stereocenters. The maximum absolute atomic E-state index is 13.0. The van der Waals surface area contributed by atoms with Gasteiger partial charge in [0, 0.05) is 17.6 Å². The third-order valence-corrected chi connectivity index (χ3v) is 1.72. The first-order valence-corrected chi connectivity index (χ1v) is 3.67. The number of aromatic nitrogens is 1. The highest BCUT2D eigenvalue weighted by Crippen LogP contribution is 2.15. The molecule has 1 aromatic carbocycles. The molecule has 0 saturated carbocycles. The highest BCUT2D eigenvalue weighted by molar-refractivity contribution is 6.32. The van der Waals surface area contributed by atoms with Gasteiger partial charge in [0.25, 0.3) is 0 Å². The van der Waals surface area contributed by atoms with Gasteiger partial charge in [0.1, 0.15) is 19.2 Å². The SMILES string of the molecule is [B]c1cnc2c(F)cc(F)cc2c1. The van der Waals surface area contributed by atoms with Gasteiger partial charge in [-0.15, -0.1) is 0 Å². The van der Waals surface area contributed by atoms with Crippen LogP contribution in [-0.4, -0.2) is 12.8 Å². The average molecular weight is 175 g/mol. The van der Waals surface area contributed by atoms with Crippen molar-refractivity contribution in [3.8, 4) is 0 Å². The number of fused-ring (bicyclic) bond motifs is 1. The van der Waals surface area contributed by atoms with E-state index in [1.165, 1.54) is 18.3 Å². The fourth-order valence-corrected chi connectivity index (χ4v) is 1.19. The van der Waals surface area contributed by atoms with E-state index in [2.05, 4.69) is 4.98 Å². The van der Waals surface area contributed by atoms with Crippen LogP contribution in [0.25, 0.3) is 10.9 Å². The molecule has 4 heteroatoms. The first kappa shape index (κ1) is 8.17. The summed E-state index contributed by atoms with van der Waals surface area (Å²) in [6.07, 6.45) is 1.34. The molecule has 0 aliphatic rings. The topological polar surface area (TPSA) is 12.9 Å². The van der Waals surface area contributed by atoms with Crippen molar-refractivity contribution in [2.45, 2.75) is 0 Å². The van der Waals surface area contributed by atoms with Crippen LogP contribution in [0.2, 0.25) is 0 Å². The highest BCUT2D eigenvalue weighted by Gasteiger charge is 2.04. The quantitative estimate of drug-likeness (QED) is 0.550. The Morgan fingerprint density at radius 2 is 1.92 bits per heavy atom. The van der Waals surface area contributed by atoms with Gasteiger partial charge < -0.3 is 0 Å². The van der Waals surface area contributed by atoms with Gasteiger partial charge in [-0.2, -0.15) is 0 Å². The van der Waals surface area contributed by atoms with Crippen molar-refractivity contribution < 1.29 is 8.78 Å². The molecule has 1 nitrogen and oxygen atoms in total. The minimum absolute atomic E-state index is 0.135. The molecule has 1 heterocycles. The predicted octanol–water partition coefficient (Wildman–Crippen LogP) is 1.31. The van der Waals surface area contributed by atoms with Crippen LogP contribution in [0.4, 0.5) is 8.78 Å². The third-order valence-electron chi connectivity index (χ3n) is 1.72. The van der Waals surface area contributed by atoms with E-state index in [1.54, 1.807) is 0 Å². The Labute approximate surface area is 74.8 Å². The van der Waals surface area contributed by atoms with Gasteiger partial charge in [-0.1, -0.05) is 11.5 Å². The summed E-state index contributed by atoms with van der Waals surface area (Å²) >= 11 is 0. The second-order valence-corrected chi connectivity index (χ2v) is 2.73. The zero-order chi connectivity index (χ0) is 9.42. The van der Waals surface area contributed by atoms with Crippen molar-refractivity contribution >= 4 is 24.2 Å². The molecule has 0 saturated heterocycles. The Kier molecular flexibility index (Phi) is 1.76. The number of hydrogen-bond donors (Lipinski definition) is 0. The van der Waals surface area contributed by atoms with E-state index in [1.807, 2.05) is 0 Å². The van der Waals surface area contributed by atoms with Crippen molar-refractivity contribution in [1.82, 2.24) is 4.98 Å². The minimum atomic E-state index is -0.671. The normalized spacial score (nSPS) is 10.6. The van der Waals surface area contributed by atoms with Crippen molar-refractivity contribution in [1.29, 1.82) is 0 Å². The third kappa shape index (κ3) is 1.39. The summed E-state index contributed by atoms with van der Waals surface area (Å²) in [5, 5.41) is 0.373. The molecule has 2 rings (SSSR count). The van der Waals surface area contributed by atoms with E-state index in [9.17, 15) is 8.78 Å². The van der Waals surface area contributed by atoms with Crippen LogP contribution in [0.3, 0.4) is 0 Å². The Morgan fingerprint density at radius 3 is 2.69 bits per heavy atom. The van der Waals surface area contributed by atoms with Gasteiger partial charge >= 0.3 is 0 Å². The van der Waals surface area contributed by atoms with Crippen LogP contribution in [0, 0.1) is 11.6 Å². The van der Waals surface area contributed by atoms with Crippen LogP contribution >= 0.6 is 0 Å². The number of rotatable bonds is 0. The molecule has 2 radical (unpaired) electrons. The Hall–Kier alpha value is -1.45. The molecule has 0 aliphatic heterocycles. The van der Waals surface area contributed by atoms with Crippen molar-refractivity contribution in [3.63, 3.8) is 0 Å². The van der Waals surface area contributed by atoms with E-state index >= 15 is 0 Å². The summed E-state index contributed by atoms with van der Waals surface area (Å²) in [7, 11) is 5.42. The molecule has 0 amide bonds. The van der Waals surface area contributed by atoms with Crippen LogP contribution in [0.5, 0.6) is 0 Å². The summed E-state index contributed by atoms with van der Waals surface area (Å²) in [4.78, 5) is 3.75. The summed E-state index contributed by atoms with van der Waals surface area (Å²) in [6, 6.07) is 3.47. The lowest BCUT2D eigenvalue weighted by atomic mass is 9.97. The van der Waals surface area contributed by atoms with E-state index in [-0.39, 0.29) is 5.52 Å². The molecule has 0 N–H and O–H groups in total. The molecule has 13 heavy (non-hydrogen) atoms. The largest absolute Gasteiger partial charge is 0.254 e. The molecule has 0 fully saturated rings. The van der Waals surface area contributed by atoms with Gasteiger partial charge in [0.05, 0.1) is 0 Å². The molecule has 0 unspecified atom stereocenters. The maximum Gasteiger partial charge on any atom is 0.152 e. The van der Waals surface area contributed by atoms with Crippen molar-refractivity contribution in [3.05, 3.63) is 36.0 Å². The monoisotopic (exact) mass is 175 g/mol. The number of pyridine rings is 1. The summed E-state index contributed by atoms with van der Waals surface area (Å²) < 4.78 is 25.8. The summed E-state index contributed by atoms with van der Waals surface area (Å²) in [6.45, 7) is 0. The van der Waals surface area contributed by atoms with E-state index in [4.69, 9.17) is 7.85 Å². The molecule has 0 spiro atoms. The Bertz CT molecular complexity index is 465. The van der Waals surface area contributed by atoms with Crippen molar-refractivity contribution in [2.24, 2.45) is 0 Å². The molecule has 0 bridgehead atoms. The van der Waals surface area contributed by atoms with E-state index < -0.39 is 11.6 Å². The average Bonchev–Trinajstić information content (AvgIpc) is 2.02. The number of halogens is 2. The van der Waals surface area contributed by atoms with E-state index in [0.29, 0.717) is 10.8 Å². The Balaban J connectivity index is 2.86. The number of hydrogen-bond acceptors (Lipinski definition) is 1. The lowest BCUT2D eigenvalue weighted by Crippen LogP contribution is -2.03. The summed E-state index contributed by atoms with van der Waals surface area (Å²) in [5.41, 5.74) is 0.521. The minimum Gasteiger partial charge on any atom is -0.254 e. The van der Waals surface area contributed by atoms with Crippen molar-refractivity contribution in [2.75, 3.05) is 0 Å². The molecular weight excluding hydrogens is 171 g/mol. The smallest absolute Gasteiger partial charge is 0.152 e. The number of nitrogens with zero attached hydrogens (tertiary/aromatic N) is 1. The predicted molar refractivity (Wildman–Crippen MR) is 47.0 cm³/mol. The highest BCUT2D eigenvalue weighted by atomic mass is 19.1. The van der Waals surface area contributed by atoms with Crippen LogP contribution in [0.15, 0.2) is 24.4 Å². The molecule has 0 aliphatic carbocycles. The molecule has 62 valence electrons. The zero-order valence-corrected chi connectivity index (χ0v) is 6.59. The van der Waals surface area contributed by atoms with Gasteiger partial charge in [-0.05, 0) is 6.07 Å². The zero-order valence-electron chi connectivity index (χ0n) is 6.59. The van der Waals surface area contributed by atoms with Gasteiger partial charge in [0.2, 0.25) is 0 Å². The molecular formula is C9H4BF2N. The van der Waals surface area contributed by atoms with Crippen LogP contribution in [-0.2, 0) is 0 Å². The standard InChI is InChI=1S/C9H4BF2N/c10-6-1-5-2-7(11)3-8(12)9(5)13-4-6/h1-4H. The first-order chi connectivity index (χ1) is 6.16. The lowest BCUT2D eigenvalue weighted by Gasteiger charge is -2.00. The second kappa shape index (κ2) is 2.80. The van der Waals surface area contributed by atoms with Crippen LogP contribution < -0.4 is 5.46 Å². The van der Waals surface area contributed by atoms with Gasteiger partial charge in [-0.3, -0.25) is 4.98 Å².